The molecule has 0 radical (unpaired) electrons. The average Bonchev–Trinajstić information content (AvgIpc) is 2.84. The van der Waals surface area contributed by atoms with Crippen molar-refractivity contribution in [2.24, 2.45) is 5.73 Å². The van der Waals surface area contributed by atoms with Crippen molar-refractivity contribution in [3.05, 3.63) is 18.1 Å². The van der Waals surface area contributed by atoms with Crippen LogP contribution < -0.4 is 11.1 Å². The van der Waals surface area contributed by atoms with Crippen LogP contribution in [0.25, 0.3) is 0 Å². The first kappa shape index (κ1) is 9.33. The van der Waals surface area contributed by atoms with Gasteiger partial charge in [-0.3, -0.25) is 0 Å². The molecule has 0 aliphatic heterocycles. The van der Waals surface area contributed by atoms with Crippen LogP contribution in [0.2, 0.25) is 0 Å². The fraction of sp³-hybridized carbons (Fsp3) is 0.444. The minimum atomic E-state index is 0.174. The third kappa shape index (κ3) is 1.82. The Kier molecular flexibility index (Phi) is 2.11. The molecule has 0 aromatic carbocycles. The summed E-state index contributed by atoms with van der Waals surface area (Å²) in [5.74, 6) is 0.743. The number of hydrogen-bond donors (Lipinski definition) is 2. The van der Waals surface area contributed by atoms with Crippen molar-refractivity contribution in [1.82, 2.24) is 9.97 Å². The first-order valence-corrected chi connectivity index (χ1v) is 4.90. The molecule has 74 valence electrons. The van der Waals surface area contributed by atoms with E-state index in [0.29, 0.717) is 4.99 Å². The van der Waals surface area contributed by atoms with E-state index in [1.54, 1.807) is 6.20 Å². The molecule has 0 spiro atoms. The van der Waals surface area contributed by atoms with E-state index >= 15 is 0 Å². The van der Waals surface area contributed by atoms with Crippen LogP contribution >= 0.6 is 12.2 Å². The molecule has 1 fully saturated rings. The highest BCUT2D eigenvalue weighted by Gasteiger charge is 2.37. The Labute approximate surface area is 87.9 Å². The van der Waals surface area contributed by atoms with Crippen LogP contribution in [0.4, 0.5) is 5.82 Å². The van der Waals surface area contributed by atoms with Crippen molar-refractivity contribution in [3.63, 3.8) is 0 Å². The van der Waals surface area contributed by atoms with Gasteiger partial charge < -0.3 is 11.1 Å². The number of hydrogen-bond acceptors (Lipinski definition) is 4. The lowest BCUT2D eigenvalue weighted by Crippen LogP contribution is -2.21. The molecular weight excluding hydrogens is 196 g/mol. The molecule has 4 nitrogen and oxygen atoms in total. The van der Waals surface area contributed by atoms with Gasteiger partial charge in [-0.1, -0.05) is 12.2 Å². The topological polar surface area (TPSA) is 63.8 Å². The highest BCUT2D eigenvalue weighted by molar-refractivity contribution is 7.80. The molecule has 1 aliphatic carbocycles. The molecular formula is C9H12N4S. The zero-order valence-electron chi connectivity index (χ0n) is 7.95. The quantitative estimate of drug-likeness (QED) is 0.728. The maximum absolute atomic E-state index is 5.57. The zero-order chi connectivity index (χ0) is 10.2. The molecule has 0 saturated heterocycles. The summed E-state index contributed by atoms with van der Waals surface area (Å²) in [6, 6.07) is 0. The van der Waals surface area contributed by atoms with Crippen LogP contribution in [-0.4, -0.2) is 20.5 Å². The standard InChI is InChI=1S/C9H12N4S/c1-9(2-3-9)13-8-6(7(10)14)4-11-5-12-8/h4-5H,2-3H2,1H3,(H2,10,14)(H,11,12,13). The Morgan fingerprint density at radius 3 is 2.93 bits per heavy atom. The number of nitrogens with zero attached hydrogens (tertiary/aromatic N) is 2. The minimum absolute atomic E-state index is 0.174. The van der Waals surface area contributed by atoms with Crippen LogP contribution in [0.5, 0.6) is 0 Å². The molecule has 5 heteroatoms. The number of rotatable bonds is 3. The van der Waals surface area contributed by atoms with E-state index in [9.17, 15) is 0 Å². The highest BCUT2D eigenvalue weighted by Crippen LogP contribution is 2.38. The monoisotopic (exact) mass is 208 g/mol. The lowest BCUT2D eigenvalue weighted by atomic mass is 10.2. The minimum Gasteiger partial charge on any atom is -0.389 e. The number of thiocarbonyl (C=S) groups is 1. The Hall–Kier alpha value is -1.23. The van der Waals surface area contributed by atoms with Crippen molar-refractivity contribution in [1.29, 1.82) is 0 Å². The van der Waals surface area contributed by atoms with Gasteiger partial charge in [-0.2, -0.15) is 0 Å². The summed E-state index contributed by atoms with van der Waals surface area (Å²) in [6.45, 7) is 2.15. The molecule has 1 aromatic heterocycles. The van der Waals surface area contributed by atoms with Crippen molar-refractivity contribution in [2.45, 2.75) is 25.3 Å². The first-order valence-electron chi connectivity index (χ1n) is 4.49. The lowest BCUT2D eigenvalue weighted by Gasteiger charge is -2.14. The molecule has 1 aliphatic rings. The van der Waals surface area contributed by atoms with Gasteiger partial charge in [0.15, 0.2) is 0 Å². The van der Waals surface area contributed by atoms with Gasteiger partial charge >= 0.3 is 0 Å². The van der Waals surface area contributed by atoms with Gasteiger partial charge in [-0.15, -0.1) is 0 Å². The van der Waals surface area contributed by atoms with Gasteiger partial charge in [0.05, 0.1) is 5.56 Å². The third-order valence-corrected chi connectivity index (χ3v) is 2.62. The molecule has 3 N–H and O–H groups in total. The number of nitrogens with two attached hydrogens (primary N) is 1. The van der Waals surface area contributed by atoms with Crippen molar-refractivity contribution >= 4 is 23.0 Å². The lowest BCUT2D eigenvalue weighted by molar-refractivity contribution is 0.818. The second-order valence-corrected chi connectivity index (χ2v) is 4.27. The average molecular weight is 208 g/mol. The summed E-state index contributed by atoms with van der Waals surface area (Å²) >= 11 is 4.92. The van der Waals surface area contributed by atoms with Crippen LogP contribution in [0.3, 0.4) is 0 Å². The number of aromatic nitrogens is 2. The fourth-order valence-electron chi connectivity index (χ4n) is 1.21. The summed E-state index contributed by atoms with van der Waals surface area (Å²) in [5.41, 5.74) is 6.46. The predicted octanol–water partition coefficient (Wildman–Crippen LogP) is 1.08. The second-order valence-electron chi connectivity index (χ2n) is 3.83. The van der Waals surface area contributed by atoms with E-state index < -0.39 is 0 Å². The van der Waals surface area contributed by atoms with Crippen molar-refractivity contribution < 1.29 is 0 Å². The van der Waals surface area contributed by atoms with Gasteiger partial charge in [0, 0.05) is 11.7 Å². The van der Waals surface area contributed by atoms with E-state index in [2.05, 4.69) is 22.2 Å². The van der Waals surface area contributed by atoms with E-state index in [-0.39, 0.29) is 5.54 Å². The van der Waals surface area contributed by atoms with E-state index in [4.69, 9.17) is 18.0 Å². The van der Waals surface area contributed by atoms with E-state index in [1.165, 1.54) is 6.33 Å². The van der Waals surface area contributed by atoms with Crippen LogP contribution in [0.1, 0.15) is 25.3 Å². The van der Waals surface area contributed by atoms with E-state index in [1.807, 2.05) is 0 Å². The molecule has 1 saturated carbocycles. The molecule has 0 bridgehead atoms. The Bertz CT molecular complexity index is 373. The highest BCUT2D eigenvalue weighted by atomic mass is 32.1. The Balaban J connectivity index is 2.27. The molecule has 0 atom stereocenters. The maximum Gasteiger partial charge on any atom is 0.140 e. The third-order valence-electron chi connectivity index (χ3n) is 2.40. The molecule has 0 unspecified atom stereocenters. The number of anilines is 1. The molecule has 1 heterocycles. The maximum atomic E-state index is 5.57. The van der Waals surface area contributed by atoms with Crippen molar-refractivity contribution in [2.75, 3.05) is 5.32 Å². The van der Waals surface area contributed by atoms with E-state index in [0.717, 1.165) is 24.2 Å². The second kappa shape index (κ2) is 3.16. The van der Waals surface area contributed by atoms with Crippen LogP contribution in [-0.2, 0) is 0 Å². The summed E-state index contributed by atoms with van der Waals surface area (Å²) in [4.78, 5) is 8.36. The molecule has 14 heavy (non-hydrogen) atoms. The molecule has 0 amide bonds. The first-order chi connectivity index (χ1) is 6.61. The normalized spacial score (nSPS) is 17.5. The van der Waals surface area contributed by atoms with Crippen LogP contribution in [0.15, 0.2) is 12.5 Å². The predicted molar refractivity (Wildman–Crippen MR) is 59.2 cm³/mol. The van der Waals surface area contributed by atoms with Crippen LogP contribution in [0, 0.1) is 0 Å². The molecule has 1 aromatic rings. The number of nitrogens with one attached hydrogen (secondary N) is 1. The molecule has 2 rings (SSSR count). The SMILES string of the molecule is CC1(Nc2ncncc2C(N)=S)CC1. The zero-order valence-corrected chi connectivity index (χ0v) is 8.77. The smallest absolute Gasteiger partial charge is 0.140 e. The Morgan fingerprint density at radius 1 is 1.64 bits per heavy atom. The van der Waals surface area contributed by atoms with Gasteiger partial charge in [0.2, 0.25) is 0 Å². The fourth-order valence-corrected chi connectivity index (χ4v) is 1.36. The van der Waals surface area contributed by atoms with Gasteiger partial charge in [-0.05, 0) is 19.8 Å². The van der Waals surface area contributed by atoms with Gasteiger partial charge in [0.25, 0.3) is 0 Å². The summed E-state index contributed by atoms with van der Waals surface area (Å²) in [6.07, 6.45) is 5.46. The summed E-state index contributed by atoms with van der Waals surface area (Å²) < 4.78 is 0. The van der Waals surface area contributed by atoms with Gasteiger partial charge in [0.1, 0.15) is 17.1 Å². The van der Waals surface area contributed by atoms with Gasteiger partial charge in [-0.25, -0.2) is 9.97 Å². The Morgan fingerprint density at radius 2 is 2.36 bits per heavy atom. The summed E-state index contributed by atoms with van der Waals surface area (Å²) in [7, 11) is 0. The van der Waals surface area contributed by atoms with Crippen molar-refractivity contribution in [3.8, 4) is 0 Å². The largest absolute Gasteiger partial charge is 0.389 e. The summed E-state index contributed by atoms with van der Waals surface area (Å²) in [5, 5.41) is 3.32.